The number of hydrogen-bond donors (Lipinski definition) is 1. The van der Waals surface area contributed by atoms with Gasteiger partial charge in [0.2, 0.25) is 5.16 Å². The minimum absolute atomic E-state index is 0.289. The van der Waals surface area contributed by atoms with Crippen LogP contribution >= 0.6 is 11.8 Å². The number of hydrogen-bond acceptors (Lipinski definition) is 6. The van der Waals surface area contributed by atoms with Crippen LogP contribution < -0.4 is 15.3 Å². The summed E-state index contributed by atoms with van der Waals surface area (Å²) in [5.74, 6) is 8.03. The highest BCUT2D eigenvalue weighted by molar-refractivity contribution is 7.99. The fraction of sp³-hybridized carbons (Fsp3) is 0.176. The molecule has 0 aliphatic rings. The van der Waals surface area contributed by atoms with Crippen molar-refractivity contribution in [1.29, 1.82) is 0 Å². The molecule has 6 nitrogen and oxygen atoms in total. The van der Waals surface area contributed by atoms with Gasteiger partial charge in [0.25, 0.3) is 0 Å². The Morgan fingerprint density at radius 3 is 2.52 bits per heavy atom. The molecule has 2 N–H and O–H groups in total. The molecule has 0 fully saturated rings. The summed E-state index contributed by atoms with van der Waals surface area (Å²) < 4.78 is 25.9. The second-order valence-electron chi connectivity index (χ2n) is 5.03. The van der Waals surface area contributed by atoms with Crippen molar-refractivity contribution in [3.8, 4) is 22.9 Å². The number of nitrogens with zero attached hydrogens (tertiary/aromatic N) is 3. The molecule has 0 radical (unpaired) electrons. The summed E-state index contributed by atoms with van der Waals surface area (Å²) in [6.45, 7) is 0.471. The predicted octanol–water partition coefficient (Wildman–Crippen LogP) is 2.98. The van der Waals surface area contributed by atoms with Crippen molar-refractivity contribution >= 4 is 11.8 Å². The van der Waals surface area contributed by atoms with Gasteiger partial charge in [-0.15, -0.1) is 10.2 Å². The van der Waals surface area contributed by atoms with E-state index in [4.69, 9.17) is 15.3 Å². The lowest BCUT2D eigenvalue weighted by Gasteiger charge is -2.07. The van der Waals surface area contributed by atoms with Crippen molar-refractivity contribution in [3.05, 3.63) is 54.3 Å². The van der Waals surface area contributed by atoms with E-state index in [9.17, 15) is 4.39 Å². The zero-order chi connectivity index (χ0) is 17.6. The Labute approximate surface area is 148 Å². The van der Waals surface area contributed by atoms with Crippen LogP contribution in [0.1, 0.15) is 0 Å². The van der Waals surface area contributed by atoms with Crippen LogP contribution in [0, 0.1) is 5.82 Å². The first-order valence-electron chi connectivity index (χ1n) is 7.54. The summed E-state index contributed by atoms with van der Waals surface area (Å²) >= 11 is 1.39. The molecule has 0 spiro atoms. The van der Waals surface area contributed by atoms with E-state index in [0.717, 1.165) is 11.5 Å². The molecule has 8 heteroatoms. The van der Waals surface area contributed by atoms with E-state index in [1.165, 1.54) is 22.5 Å². The smallest absolute Gasteiger partial charge is 0.210 e. The SMILES string of the molecule is COc1ccc(OCCSc2nnc(-c3ccccc3F)n2N)cc1. The van der Waals surface area contributed by atoms with Gasteiger partial charge in [-0.3, -0.25) is 0 Å². The predicted molar refractivity (Wildman–Crippen MR) is 94.8 cm³/mol. The third-order valence-corrected chi connectivity index (χ3v) is 4.33. The van der Waals surface area contributed by atoms with Gasteiger partial charge in [0.15, 0.2) is 5.82 Å². The topological polar surface area (TPSA) is 75.2 Å². The van der Waals surface area contributed by atoms with Crippen LogP contribution in [-0.2, 0) is 0 Å². The van der Waals surface area contributed by atoms with E-state index in [-0.39, 0.29) is 11.6 Å². The minimum atomic E-state index is -0.388. The van der Waals surface area contributed by atoms with Crippen molar-refractivity contribution in [3.63, 3.8) is 0 Å². The molecule has 0 atom stereocenters. The number of rotatable bonds is 7. The average Bonchev–Trinajstić information content (AvgIpc) is 3.00. The molecular formula is C17H17FN4O2S. The summed E-state index contributed by atoms with van der Waals surface area (Å²) in [5.41, 5.74) is 0.318. The van der Waals surface area contributed by atoms with Gasteiger partial charge in [0.05, 0.1) is 19.3 Å². The average molecular weight is 360 g/mol. The molecule has 0 amide bonds. The Morgan fingerprint density at radius 2 is 1.80 bits per heavy atom. The largest absolute Gasteiger partial charge is 0.497 e. The van der Waals surface area contributed by atoms with E-state index >= 15 is 0 Å². The Morgan fingerprint density at radius 1 is 1.08 bits per heavy atom. The van der Waals surface area contributed by atoms with Crippen LogP contribution in [-0.4, -0.2) is 34.3 Å². The summed E-state index contributed by atoms with van der Waals surface area (Å²) in [6.07, 6.45) is 0. The molecule has 2 aromatic carbocycles. The lowest BCUT2D eigenvalue weighted by molar-refractivity contribution is 0.342. The molecular weight excluding hydrogens is 343 g/mol. The number of thioether (sulfide) groups is 1. The Bertz CT molecular complexity index is 839. The van der Waals surface area contributed by atoms with Crippen molar-refractivity contribution in [1.82, 2.24) is 14.9 Å². The molecule has 0 saturated heterocycles. The fourth-order valence-corrected chi connectivity index (χ4v) is 2.84. The van der Waals surface area contributed by atoms with Crippen molar-refractivity contribution < 1.29 is 13.9 Å². The molecule has 3 rings (SSSR count). The molecule has 130 valence electrons. The maximum absolute atomic E-state index is 13.8. The molecule has 0 aliphatic carbocycles. The zero-order valence-corrected chi connectivity index (χ0v) is 14.4. The lowest BCUT2D eigenvalue weighted by Crippen LogP contribution is -2.12. The highest BCUT2D eigenvalue weighted by Gasteiger charge is 2.15. The number of ether oxygens (including phenoxy) is 2. The lowest BCUT2D eigenvalue weighted by atomic mass is 10.2. The van der Waals surface area contributed by atoms with Gasteiger partial charge in [-0.25, -0.2) is 9.07 Å². The number of benzene rings is 2. The first-order valence-corrected chi connectivity index (χ1v) is 8.52. The number of nitrogens with two attached hydrogens (primary N) is 1. The van der Waals surface area contributed by atoms with Gasteiger partial charge in [-0.05, 0) is 36.4 Å². The molecule has 25 heavy (non-hydrogen) atoms. The van der Waals surface area contributed by atoms with Gasteiger partial charge in [0, 0.05) is 5.75 Å². The van der Waals surface area contributed by atoms with Crippen LogP contribution in [0.4, 0.5) is 4.39 Å². The standard InChI is InChI=1S/C17H17FN4O2S/c1-23-12-6-8-13(9-7-12)24-10-11-25-17-21-20-16(22(17)19)14-4-2-3-5-15(14)18/h2-9H,10-11,19H2,1H3. The highest BCUT2D eigenvalue weighted by Crippen LogP contribution is 2.24. The highest BCUT2D eigenvalue weighted by atomic mass is 32.2. The summed E-state index contributed by atoms with van der Waals surface area (Å²) in [7, 11) is 1.62. The van der Waals surface area contributed by atoms with Crippen molar-refractivity contribution in [2.24, 2.45) is 0 Å². The molecule has 0 bridgehead atoms. The van der Waals surface area contributed by atoms with E-state index < -0.39 is 0 Å². The first-order chi connectivity index (χ1) is 12.2. The Balaban J connectivity index is 1.56. The quantitative estimate of drug-likeness (QED) is 0.397. The summed E-state index contributed by atoms with van der Waals surface area (Å²) in [4.78, 5) is 0. The maximum atomic E-state index is 13.8. The van der Waals surface area contributed by atoms with Gasteiger partial charge in [0.1, 0.15) is 17.3 Å². The molecule has 0 aliphatic heterocycles. The maximum Gasteiger partial charge on any atom is 0.210 e. The zero-order valence-electron chi connectivity index (χ0n) is 13.6. The Kier molecular flexibility index (Phi) is 5.39. The third kappa shape index (κ3) is 4.03. The first kappa shape index (κ1) is 17.1. The van der Waals surface area contributed by atoms with E-state index in [0.29, 0.717) is 23.1 Å². The summed E-state index contributed by atoms with van der Waals surface area (Å²) in [5, 5.41) is 8.48. The summed E-state index contributed by atoms with van der Waals surface area (Å²) in [6, 6.07) is 13.7. The Hall–Kier alpha value is -2.74. The van der Waals surface area contributed by atoms with Crippen molar-refractivity contribution in [2.75, 3.05) is 25.3 Å². The van der Waals surface area contributed by atoms with Gasteiger partial charge < -0.3 is 15.3 Å². The number of aromatic nitrogens is 3. The fourth-order valence-electron chi connectivity index (χ4n) is 2.17. The van der Waals surface area contributed by atoms with E-state index in [1.807, 2.05) is 24.3 Å². The number of methoxy groups -OCH3 is 1. The molecule has 0 unspecified atom stereocenters. The van der Waals surface area contributed by atoms with Crippen LogP contribution in [0.25, 0.3) is 11.4 Å². The van der Waals surface area contributed by atoms with Gasteiger partial charge >= 0.3 is 0 Å². The van der Waals surface area contributed by atoms with Crippen LogP contribution in [0.5, 0.6) is 11.5 Å². The van der Waals surface area contributed by atoms with Gasteiger partial charge in [-0.2, -0.15) is 0 Å². The normalized spacial score (nSPS) is 10.6. The van der Waals surface area contributed by atoms with Crippen LogP contribution in [0.2, 0.25) is 0 Å². The minimum Gasteiger partial charge on any atom is -0.497 e. The molecule has 1 heterocycles. The second-order valence-corrected chi connectivity index (χ2v) is 6.09. The van der Waals surface area contributed by atoms with Gasteiger partial charge in [-0.1, -0.05) is 23.9 Å². The van der Waals surface area contributed by atoms with Crippen molar-refractivity contribution in [2.45, 2.75) is 5.16 Å². The second kappa shape index (κ2) is 7.89. The monoisotopic (exact) mass is 360 g/mol. The number of nitrogen functional groups attached to an aromatic ring is 1. The van der Waals surface area contributed by atoms with Crippen LogP contribution in [0.3, 0.4) is 0 Å². The van der Waals surface area contributed by atoms with Crippen LogP contribution in [0.15, 0.2) is 53.7 Å². The van der Waals surface area contributed by atoms with E-state index in [1.54, 1.807) is 25.3 Å². The molecule has 0 saturated carbocycles. The van der Waals surface area contributed by atoms with E-state index in [2.05, 4.69) is 10.2 Å². The molecule has 3 aromatic rings. The molecule has 1 aromatic heterocycles. The number of halogens is 1. The third-order valence-electron chi connectivity index (χ3n) is 3.42.